The quantitative estimate of drug-likeness (QED) is 0.859. The molecule has 0 saturated carbocycles. The number of carboxylic acid groups (broad SMARTS) is 1. The fourth-order valence-electron chi connectivity index (χ4n) is 2.24. The normalized spacial score (nSPS) is 11.8. The first-order valence-corrected chi connectivity index (χ1v) is 7.05. The van der Waals surface area contributed by atoms with E-state index in [1.54, 1.807) is 12.1 Å². The van der Waals surface area contributed by atoms with Gasteiger partial charge in [0.25, 0.3) is 0 Å². The van der Waals surface area contributed by atoms with E-state index in [9.17, 15) is 9.59 Å². The number of aromatic carboxylic acids is 1. The van der Waals surface area contributed by atoms with Gasteiger partial charge in [0.05, 0.1) is 5.56 Å². The van der Waals surface area contributed by atoms with Crippen molar-refractivity contribution in [2.75, 3.05) is 19.0 Å². The van der Waals surface area contributed by atoms with Crippen molar-refractivity contribution in [3.05, 3.63) is 65.2 Å². The van der Waals surface area contributed by atoms with E-state index in [-0.39, 0.29) is 17.3 Å². The molecule has 2 rings (SSSR count). The number of benzene rings is 2. The van der Waals surface area contributed by atoms with Crippen molar-refractivity contribution in [2.45, 2.75) is 12.8 Å². The van der Waals surface area contributed by atoms with Crippen molar-refractivity contribution in [3.8, 4) is 0 Å². The van der Waals surface area contributed by atoms with E-state index < -0.39 is 5.97 Å². The zero-order chi connectivity index (χ0) is 16.3. The maximum absolute atomic E-state index is 12.5. The zero-order valence-electron chi connectivity index (χ0n) is 12.9. The first kappa shape index (κ1) is 15.8. The second kappa shape index (κ2) is 6.43. The summed E-state index contributed by atoms with van der Waals surface area (Å²) in [7, 11) is 3.90. The number of hydrogen-bond donors (Lipinski definition) is 1. The number of Topliss-reactive ketones (excluding diaryl/α,β-unsaturated/α-hetero) is 1. The number of nitrogens with zero attached hydrogens (tertiary/aromatic N) is 1. The summed E-state index contributed by atoms with van der Waals surface area (Å²) in [6.07, 6.45) is 0. The number of carbonyl (C=O) groups excluding carboxylic acids is 1. The van der Waals surface area contributed by atoms with Crippen molar-refractivity contribution >= 4 is 17.4 Å². The van der Waals surface area contributed by atoms with Crippen LogP contribution in [0.25, 0.3) is 0 Å². The van der Waals surface area contributed by atoms with Gasteiger partial charge in [-0.25, -0.2) is 4.79 Å². The Morgan fingerprint density at radius 2 is 1.41 bits per heavy atom. The van der Waals surface area contributed by atoms with Crippen LogP contribution in [0.1, 0.15) is 39.1 Å². The van der Waals surface area contributed by atoms with Crippen LogP contribution in [-0.2, 0) is 0 Å². The molecule has 0 aliphatic heterocycles. The van der Waals surface area contributed by atoms with Crippen molar-refractivity contribution in [2.24, 2.45) is 0 Å². The van der Waals surface area contributed by atoms with Crippen molar-refractivity contribution < 1.29 is 14.7 Å². The van der Waals surface area contributed by atoms with Crippen LogP contribution in [0.4, 0.5) is 5.69 Å². The van der Waals surface area contributed by atoms with Crippen LogP contribution in [0, 0.1) is 0 Å². The SMILES string of the molecule is CC(C(=O)c1ccc(N(C)C)cc1)c1ccc(C(=O)O)cc1. The Hall–Kier alpha value is -2.62. The van der Waals surface area contributed by atoms with E-state index in [1.165, 1.54) is 12.1 Å². The molecule has 2 aromatic carbocycles. The lowest BCUT2D eigenvalue weighted by molar-refractivity contribution is 0.0696. The molecule has 0 saturated heterocycles. The lowest BCUT2D eigenvalue weighted by atomic mass is 9.91. The molecule has 0 aliphatic carbocycles. The van der Waals surface area contributed by atoms with Gasteiger partial charge < -0.3 is 10.0 Å². The van der Waals surface area contributed by atoms with E-state index >= 15 is 0 Å². The highest BCUT2D eigenvalue weighted by atomic mass is 16.4. The molecule has 2 aromatic rings. The van der Waals surface area contributed by atoms with Gasteiger partial charge in [-0.05, 0) is 42.0 Å². The summed E-state index contributed by atoms with van der Waals surface area (Å²) in [5.74, 6) is -1.26. The van der Waals surface area contributed by atoms with Crippen LogP contribution in [0.3, 0.4) is 0 Å². The Morgan fingerprint density at radius 1 is 0.909 bits per heavy atom. The molecular weight excluding hydrogens is 278 g/mol. The zero-order valence-corrected chi connectivity index (χ0v) is 12.9. The van der Waals surface area contributed by atoms with Gasteiger partial charge in [-0.15, -0.1) is 0 Å². The molecule has 0 fully saturated rings. The van der Waals surface area contributed by atoms with Gasteiger partial charge in [-0.3, -0.25) is 4.79 Å². The standard InChI is InChI=1S/C18H19NO3/c1-12(13-4-6-15(7-5-13)18(21)22)17(20)14-8-10-16(11-9-14)19(2)3/h4-12H,1-3H3,(H,21,22). The van der Waals surface area contributed by atoms with Gasteiger partial charge in [-0.2, -0.15) is 0 Å². The molecule has 4 heteroatoms. The third-order valence-electron chi connectivity index (χ3n) is 3.72. The van der Waals surface area contributed by atoms with E-state index in [2.05, 4.69) is 0 Å². The number of ketones is 1. The molecule has 1 unspecified atom stereocenters. The third kappa shape index (κ3) is 3.34. The number of carbonyl (C=O) groups is 2. The summed E-state index contributed by atoms with van der Waals surface area (Å²) in [4.78, 5) is 25.3. The molecule has 0 spiro atoms. The predicted octanol–water partition coefficient (Wildman–Crippen LogP) is 3.44. The van der Waals surface area contributed by atoms with Crippen molar-refractivity contribution in [1.82, 2.24) is 0 Å². The van der Waals surface area contributed by atoms with E-state index in [0.29, 0.717) is 5.56 Å². The number of anilines is 1. The second-order valence-electron chi connectivity index (χ2n) is 5.45. The van der Waals surface area contributed by atoms with E-state index in [4.69, 9.17) is 5.11 Å². The van der Waals surface area contributed by atoms with Crippen LogP contribution in [-0.4, -0.2) is 31.0 Å². The van der Waals surface area contributed by atoms with E-state index in [0.717, 1.165) is 11.3 Å². The third-order valence-corrected chi connectivity index (χ3v) is 3.72. The summed E-state index contributed by atoms with van der Waals surface area (Å²) in [5.41, 5.74) is 2.72. The fourth-order valence-corrected chi connectivity index (χ4v) is 2.24. The first-order chi connectivity index (χ1) is 10.4. The van der Waals surface area contributed by atoms with Crippen LogP contribution in [0.5, 0.6) is 0 Å². The Labute approximate surface area is 130 Å². The summed E-state index contributed by atoms with van der Waals surface area (Å²) in [5, 5.41) is 8.90. The molecule has 0 aromatic heterocycles. The molecule has 22 heavy (non-hydrogen) atoms. The minimum atomic E-state index is -0.968. The molecule has 0 radical (unpaired) electrons. The van der Waals surface area contributed by atoms with Crippen molar-refractivity contribution in [3.63, 3.8) is 0 Å². The van der Waals surface area contributed by atoms with Gasteiger partial charge in [0, 0.05) is 31.3 Å². The average Bonchev–Trinajstić information content (AvgIpc) is 2.53. The molecule has 0 bridgehead atoms. The highest BCUT2D eigenvalue weighted by molar-refractivity contribution is 6.01. The van der Waals surface area contributed by atoms with Crippen LogP contribution < -0.4 is 4.90 Å². The summed E-state index contributed by atoms with van der Waals surface area (Å²) in [6, 6.07) is 13.9. The molecule has 0 heterocycles. The smallest absolute Gasteiger partial charge is 0.335 e. The predicted molar refractivity (Wildman–Crippen MR) is 86.9 cm³/mol. The maximum atomic E-state index is 12.5. The Balaban J connectivity index is 2.19. The Morgan fingerprint density at radius 3 is 1.86 bits per heavy atom. The monoisotopic (exact) mass is 297 g/mol. The molecule has 0 amide bonds. The minimum Gasteiger partial charge on any atom is -0.478 e. The van der Waals surface area contributed by atoms with Gasteiger partial charge in [0.1, 0.15) is 0 Å². The van der Waals surface area contributed by atoms with Crippen LogP contribution in [0.15, 0.2) is 48.5 Å². The average molecular weight is 297 g/mol. The lowest BCUT2D eigenvalue weighted by Crippen LogP contribution is -2.11. The molecule has 114 valence electrons. The summed E-state index contributed by atoms with van der Waals surface area (Å²) in [6.45, 7) is 1.83. The number of rotatable bonds is 5. The molecular formula is C18H19NO3. The molecule has 1 atom stereocenters. The highest BCUT2D eigenvalue weighted by Gasteiger charge is 2.17. The van der Waals surface area contributed by atoms with Gasteiger partial charge in [0.2, 0.25) is 0 Å². The summed E-state index contributed by atoms with van der Waals surface area (Å²) < 4.78 is 0. The molecule has 4 nitrogen and oxygen atoms in total. The van der Waals surface area contributed by atoms with Gasteiger partial charge in [0.15, 0.2) is 5.78 Å². The molecule has 1 N–H and O–H groups in total. The number of carboxylic acids is 1. The number of hydrogen-bond acceptors (Lipinski definition) is 3. The topological polar surface area (TPSA) is 57.6 Å². The summed E-state index contributed by atoms with van der Waals surface area (Å²) >= 11 is 0. The van der Waals surface area contributed by atoms with Gasteiger partial charge in [-0.1, -0.05) is 19.1 Å². The fraction of sp³-hybridized carbons (Fsp3) is 0.222. The largest absolute Gasteiger partial charge is 0.478 e. The minimum absolute atomic E-state index is 0.0216. The second-order valence-corrected chi connectivity index (χ2v) is 5.45. The van der Waals surface area contributed by atoms with Crippen molar-refractivity contribution in [1.29, 1.82) is 0 Å². The lowest BCUT2D eigenvalue weighted by Gasteiger charge is -2.14. The Kier molecular flexibility index (Phi) is 4.61. The highest BCUT2D eigenvalue weighted by Crippen LogP contribution is 2.22. The Bertz CT molecular complexity index is 672. The van der Waals surface area contributed by atoms with Crippen LogP contribution in [0.2, 0.25) is 0 Å². The van der Waals surface area contributed by atoms with E-state index in [1.807, 2.05) is 50.2 Å². The van der Waals surface area contributed by atoms with Gasteiger partial charge >= 0.3 is 5.97 Å². The van der Waals surface area contributed by atoms with Crippen LogP contribution >= 0.6 is 0 Å². The first-order valence-electron chi connectivity index (χ1n) is 7.05. The molecule has 0 aliphatic rings. The maximum Gasteiger partial charge on any atom is 0.335 e.